The van der Waals surface area contributed by atoms with E-state index in [1.54, 1.807) is 17.8 Å². The highest BCUT2D eigenvalue weighted by Gasteiger charge is 2.22. The van der Waals surface area contributed by atoms with E-state index < -0.39 is 6.43 Å². The second kappa shape index (κ2) is 11.3. The maximum absolute atomic E-state index is 13.5. The summed E-state index contributed by atoms with van der Waals surface area (Å²) in [6.07, 6.45) is 1.15. The van der Waals surface area contributed by atoms with Gasteiger partial charge in [-0.1, -0.05) is 31.5 Å². The van der Waals surface area contributed by atoms with Gasteiger partial charge in [0.2, 0.25) is 0 Å². The molecule has 3 aromatic heterocycles. The van der Waals surface area contributed by atoms with Gasteiger partial charge in [0.05, 0.1) is 23.9 Å². The lowest BCUT2D eigenvalue weighted by molar-refractivity contribution is 0.140. The van der Waals surface area contributed by atoms with Crippen LogP contribution in [0.2, 0.25) is 5.15 Å². The lowest BCUT2D eigenvalue weighted by Gasteiger charge is -2.13. The molecule has 0 aliphatic heterocycles. The molecule has 176 valence electrons. The first-order valence-electron chi connectivity index (χ1n) is 10.0. The third-order valence-corrected chi connectivity index (χ3v) is 7.94. The molecule has 0 aliphatic carbocycles. The van der Waals surface area contributed by atoms with Crippen molar-refractivity contribution in [2.45, 2.75) is 32.1 Å². The van der Waals surface area contributed by atoms with Crippen LogP contribution in [0.15, 0.2) is 35.4 Å². The number of aromatic nitrogens is 5. The van der Waals surface area contributed by atoms with Crippen molar-refractivity contribution in [3.63, 3.8) is 0 Å². The number of rotatable bonds is 6. The van der Waals surface area contributed by atoms with Crippen molar-refractivity contribution in [3.8, 4) is 11.1 Å². The van der Waals surface area contributed by atoms with E-state index in [0.29, 0.717) is 16.9 Å². The molecule has 0 bridgehead atoms. The quantitative estimate of drug-likeness (QED) is 0.102. The van der Waals surface area contributed by atoms with E-state index >= 15 is 0 Å². The Hall–Kier alpha value is -1.49. The smallest absolute Gasteiger partial charge is 0.295 e. The maximum atomic E-state index is 13.5. The third kappa shape index (κ3) is 5.28. The molecule has 0 aliphatic rings. The average Bonchev–Trinajstić information content (AvgIpc) is 3.35. The van der Waals surface area contributed by atoms with Crippen LogP contribution in [0.4, 0.5) is 20.2 Å². The Labute approximate surface area is 215 Å². The van der Waals surface area contributed by atoms with Crippen LogP contribution >= 0.6 is 51.8 Å². The predicted octanol–water partition coefficient (Wildman–Crippen LogP) is 8.01. The zero-order chi connectivity index (χ0) is 24.3. The summed E-state index contributed by atoms with van der Waals surface area (Å²) in [7, 11) is 1.91. The van der Waals surface area contributed by atoms with Crippen molar-refractivity contribution in [3.05, 3.63) is 47.1 Å². The van der Waals surface area contributed by atoms with E-state index in [1.165, 1.54) is 4.34 Å². The number of halogens is 4. The minimum absolute atomic E-state index is 0.0244. The summed E-state index contributed by atoms with van der Waals surface area (Å²) in [5.41, 5.74) is 5.24. The number of hydrogen-bond acceptors (Lipinski definition) is 5. The first-order chi connectivity index (χ1) is 15.8. The van der Waals surface area contributed by atoms with E-state index in [2.05, 4.69) is 26.4 Å². The summed E-state index contributed by atoms with van der Waals surface area (Å²) < 4.78 is 30.2. The lowest BCUT2D eigenvalue weighted by atomic mass is 10.1. The third-order valence-electron chi connectivity index (χ3n) is 4.91. The van der Waals surface area contributed by atoms with Crippen LogP contribution in [-0.4, -0.2) is 30.3 Å². The normalized spacial score (nSPS) is 11.5. The Kier molecular flexibility index (Phi) is 8.94. The van der Waals surface area contributed by atoms with Crippen molar-refractivity contribution in [2.24, 2.45) is 7.05 Å². The molecule has 0 saturated carbocycles. The first kappa shape index (κ1) is 26.1. The van der Waals surface area contributed by atoms with Crippen LogP contribution in [0.5, 0.6) is 0 Å². The van der Waals surface area contributed by atoms with Crippen molar-refractivity contribution in [1.29, 1.82) is 0 Å². The van der Waals surface area contributed by atoms with Crippen LogP contribution in [0.3, 0.4) is 0 Å². The van der Waals surface area contributed by atoms with Gasteiger partial charge < -0.3 is 5.32 Å². The van der Waals surface area contributed by atoms with Crippen LogP contribution < -0.4 is 5.32 Å². The highest BCUT2D eigenvalue weighted by Crippen LogP contribution is 2.40. The molecule has 1 unspecified atom stereocenters. The van der Waals surface area contributed by atoms with E-state index in [4.69, 9.17) is 11.6 Å². The number of imidazole rings is 1. The van der Waals surface area contributed by atoms with Gasteiger partial charge in [0.15, 0.2) is 11.5 Å². The molecule has 0 radical (unpaired) electrons. The van der Waals surface area contributed by atoms with Crippen LogP contribution in [-0.2, 0) is 7.05 Å². The number of benzene rings is 1. The number of fused-ring (bicyclic) bond motifs is 1. The Morgan fingerprint density at radius 2 is 1.91 bits per heavy atom. The number of hydrogen-bond donors (Lipinski definition) is 1. The van der Waals surface area contributed by atoms with Crippen molar-refractivity contribution in [1.82, 2.24) is 24.1 Å². The largest absolute Gasteiger partial charge is 0.353 e. The van der Waals surface area contributed by atoms with E-state index in [-0.39, 0.29) is 17.4 Å². The summed E-state index contributed by atoms with van der Waals surface area (Å²) in [5.74, 6) is -0.312. The lowest BCUT2D eigenvalue weighted by Crippen LogP contribution is -1.96. The van der Waals surface area contributed by atoms with E-state index in [9.17, 15) is 8.78 Å². The second-order valence-electron chi connectivity index (χ2n) is 6.66. The fourth-order valence-electron chi connectivity index (χ4n) is 3.25. The number of thioether (sulfide) groups is 1. The number of aryl methyl sites for hydroxylation is 1. The molecule has 4 rings (SSSR count). The molecular formula is C21H23ClF2IN6PS. The van der Waals surface area contributed by atoms with Crippen LogP contribution in [0.1, 0.15) is 31.8 Å². The van der Waals surface area contributed by atoms with Crippen molar-refractivity contribution >= 4 is 74.3 Å². The van der Waals surface area contributed by atoms with Gasteiger partial charge in [-0.2, -0.15) is 5.10 Å². The van der Waals surface area contributed by atoms with Crippen LogP contribution in [0.25, 0.3) is 22.3 Å². The Balaban J connectivity index is 0.00000149. The van der Waals surface area contributed by atoms with Gasteiger partial charge in [-0.25, -0.2) is 18.7 Å². The highest BCUT2D eigenvalue weighted by atomic mass is 127. The molecule has 0 amide bonds. The number of pyridine rings is 1. The summed E-state index contributed by atoms with van der Waals surface area (Å²) in [5, 5.41) is 7.85. The van der Waals surface area contributed by atoms with E-state index in [0.717, 1.165) is 27.4 Å². The maximum Gasteiger partial charge on any atom is 0.295 e. The number of alkyl halides is 2. The van der Waals surface area contributed by atoms with Crippen LogP contribution in [0, 0.1) is 6.92 Å². The standard InChI is InChI=1S/C19H17ClF2IN6PS.C2H6/c1-9-11(8-24-28(9)2)10-4-5-12(14(6-10)31-3)25-13-7-15(20)26-18-16(13)27-19(17(21)22)29(18)30-23;1-2/h4-8,17,30H,1-3H3,(H,25,26);1-2H3. The second-order valence-corrected chi connectivity index (χ2v) is 9.96. The molecule has 1 atom stereocenters. The minimum atomic E-state index is -2.70. The zero-order valence-corrected chi connectivity index (χ0v) is 23.4. The van der Waals surface area contributed by atoms with Gasteiger partial charge >= 0.3 is 0 Å². The molecule has 4 aromatic rings. The van der Waals surface area contributed by atoms with Gasteiger partial charge in [-0.15, -0.1) is 11.8 Å². The Morgan fingerprint density at radius 1 is 1.18 bits per heavy atom. The summed E-state index contributed by atoms with van der Waals surface area (Å²) in [6.45, 7) is 6.02. The van der Waals surface area contributed by atoms with Gasteiger partial charge in [0.1, 0.15) is 10.7 Å². The monoisotopic (exact) mass is 622 g/mol. The van der Waals surface area contributed by atoms with Crippen molar-refractivity contribution in [2.75, 3.05) is 11.6 Å². The van der Waals surface area contributed by atoms with Gasteiger partial charge in [-0.05, 0) is 52.9 Å². The average molecular weight is 623 g/mol. The fourth-order valence-corrected chi connectivity index (χ4v) is 5.92. The molecule has 0 saturated heterocycles. The molecule has 6 nitrogen and oxygen atoms in total. The Bertz CT molecular complexity index is 1280. The molecular weight excluding hydrogens is 600 g/mol. The summed E-state index contributed by atoms with van der Waals surface area (Å²) in [4.78, 5) is 9.40. The number of anilines is 2. The molecule has 12 heteroatoms. The molecule has 33 heavy (non-hydrogen) atoms. The first-order valence-corrected chi connectivity index (χ1v) is 15.7. The fraction of sp³-hybridized carbons (Fsp3) is 0.286. The molecule has 1 N–H and O–H groups in total. The number of nitrogens with one attached hydrogen (secondary N) is 1. The zero-order valence-electron chi connectivity index (χ0n) is 18.6. The van der Waals surface area contributed by atoms with Gasteiger partial charge in [0.25, 0.3) is 6.43 Å². The van der Waals surface area contributed by atoms with Gasteiger partial charge in [-0.3, -0.25) is 9.02 Å². The number of nitrogens with zero attached hydrogens (tertiary/aromatic N) is 5. The summed E-state index contributed by atoms with van der Waals surface area (Å²) >= 11 is 9.83. The SMILES string of the molecule is CC.CSc1cc(-c2cnn(C)c2C)ccc1Nc1cc(Cl)nc2c1nc(C(F)F)n2PI. The topological polar surface area (TPSA) is 60.6 Å². The molecule has 0 fully saturated rings. The van der Waals surface area contributed by atoms with Gasteiger partial charge in [0, 0.05) is 29.3 Å². The summed E-state index contributed by atoms with van der Waals surface area (Å²) in [6, 6.07) is 7.64. The molecule has 0 spiro atoms. The molecule has 3 heterocycles. The highest BCUT2D eigenvalue weighted by molar-refractivity contribution is 14.2. The van der Waals surface area contributed by atoms with Crippen molar-refractivity contribution < 1.29 is 8.78 Å². The minimum Gasteiger partial charge on any atom is -0.353 e. The van der Waals surface area contributed by atoms with E-state index in [1.807, 2.05) is 79.1 Å². The molecule has 1 aromatic carbocycles. The Morgan fingerprint density at radius 3 is 2.48 bits per heavy atom. The predicted molar refractivity (Wildman–Crippen MR) is 145 cm³/mol.